The second kappa shape index (κ2) is 6.83. The number of carbonyl (C=O) groups excluding carboxylic acids is 1. The molecular weight excluding hydrogens is 380 g/mol. The van der Waals surface area contributed by atoms with Gasteiger partial charge < -0.3 is 21.1 Å². The minimum atomic E-state index is -3.72. The first-order chi connectivity index (χ1) is 13.3. The van der Waals surface area contributed by atoms with Crippen LogP contribution in [-0.4, -0.2) is 33.4 Å². The summed E-state index contributed by atoms with van der Waals surface area (Å²) in [5.74, 6) is -0.580. The Morgan fingerprint density at radius 1 is 1.07 bits per heavy atom. The van der Waals surface area contributed by atoms with Crippen LogP contribution >= 0.6 is 0 Å². The van der Waals surface area contributed by atoms with E-state index >= 15 is 0 Å². The van der Waals surface area contributed by atoms with E-state index in [0.29, 0.717) is 17.0 Å². The third kappa shape index (κ3) is 3.29. The van der Waals surface area contributed by atoms with Gasteiger partial charge in [0.1, 0.15) is 16.4 Å². The summed E-state index contributed by atoms with van der Waals surface area (Å²) < 4.78 is 31.9. The standard InChI is InChI=1S/C19H20N4O4S/c20-19(21)22-18(24)13-9-17-16(10-14(13)23-7-3-4-8-23)27-15-6-2-1-5-12(15)11-28(17,25)26/h1-2,5-6,9-10H,3-4,7-8,11H2,(H4,20,21,22,24). The topological polar surface area (TPSA) is 128 Å². The van der Waals surface area contributed by atoms with Crippen molar-refractivity contribution in [3.05, 3.63) is 47.5 Å². The Kier molecular flexibility index (Phi) is 4.46. The third-order valence-electron chi connectivity index (χ3n) is 4.84. The molecule has 2 aromatic carbocycles. The van der Waals surface area contributed by atoms with Crippen LogP contribution in [-0.2, 0) is 15.6 Å². The summed E-state index contributed by atoms with van der Waals surface area (Å²) in [5.41, 5.74) is 12.0. The predicted octanol–water partition coefficient (Wildman–Crippen LogP) is 1.78. The molecule has 4 N–H and O–H groups in total. The summed E-state index contributed by atoms with van der Waals surface area (Å²) in [5, 5.41) is 0. The van der Waals surface area contributed by atoms with Crippen molar-refractivity contribution < 1.29 is 17.9 Å². The van der Waals surface area contributed by atoms with Crippen molar-refractivity contribution in [3.8, 4) is 11.5 Å². The Balaban J connectivity index is 1.93. The molecule has 0 aromatic heterocycles. The van der Waals surface area contributed by atoms with E-state index in [1.54, 1.807) is 30.3 Å². The lowest BCUT2D eigenvalue weighted by molar-refractivity contribution is 0.100. The van der Waals surface area contributed by atoms with Gasteiger partial charge >= 0.3 is 0 Å². The molecule has 2 aromatic rings. The van der Waals surface area contributed by atoms with Crippen molar-refractivity contribution >= 4 is 27.4 Å². The molecule has 146 valence electrons. The molecule has 9 heteroatoms. The molecular formula is C19H20N4O4S. The highest BCUT2D eigenvalue weighted by molar-refractivity contribution is 7.90. The van der Waals surface area contributed by atoms with Gasteiger partial charge in [-0.25, -0.2) is 8.42 Å². The van der Waals surface area contributed by atoms with Crippen molar-refractivity contribution in [2.24, 2.45) is 16.5 Å². The maximum atomic E-state index is 13.0. The van der Waals surface area contributed by atoms with Gasteiger partial charge in [0, 0.05) is 24.7 Å². The largest absolute Gasteiger partial charge is 0.456 e. The van der Waals surface area contributed by atoms with Gasteiger partial charge in [-0.3, -0.25) is 4.79 Å². The van der Waals surface area contributed by atoms with Crippen LogP contribution in [0.15, 0.2) is 46.3 Å². The first-order valence-corrected chi connectivity index (χ1v) is 10.6. The number of ether oxygens (including phenoxy) is 1. The fourth-order valence-corrected chi connectivity index (χ4v) is 5.07. The van der Waals surface area contributed by atoms with Crippen molar-refractivity contribution in [2.75, 3.05) is 18.0 Å². The van der Waals surface area contributed by atoms with Crippen LogP contribution in [0.1, 0.15) is 28.8 Å². The number of benzene rings is 2. The van der Waals surface area contributed by atoms with E-state index in [-0.39, 0.29) is 27.9 Å². The zero-order chi connectivity index (χ0) is 19.9. The van der Waals surface area contributed by atoms with Gasteiger partial charge in [0.05, 0.1) is 17.0 Å². The zero-order valence-electron chi connectivity index (χ0n) is 15.1. The van der Waals surface area contributed by atoms with Gasteiger partial charge in [0.15, 0.2) is 15.8 Å². The molecule has 28 heavy (non-hydrogen) atoms. The average Bonchev–Trinajstić information content (AvgIpc) is 3.13. The lowest BCUT2D eigenvalue weighted by Gasteiger charge is -2.22. The van der Waals surface area contributed by atoms with Gasteiger partial charge in [-0.2, -0.15) is 4.99 Å². The second-order valence-corrected chi connectivity index (χ2v) is 8.78. The number of hydrogen-bond donors (Lipinski definition) is 2. The number of nitrogens with two attached hydrogens (primary N) is 2. The van der Waals surface area contributed by atoms with E-state index in [4.69, 9.17) is 16.2 Å². The lowest BCUT2D eigenvalue weighted by atomic mass is 10.1. The molecule has 1 amide bonds. The van der Waals surface area contributed by atoms with E-state index in [1.165, 1.54) is 6.07 Å². The highest BCUT2D eigenvalue weighted by Crippen LogP contribution is 2.42. The van der Waals surface area contributed by atoms with Gasteiger partial charge in [-0.05, 0) is 25.0 Å². The van der Waals surface area contributed by atoms with Crippen molar-refractivity contribution in [1.82, 2.24) is 0 Å². The Bertz CT molecular complexity index is 1090. The molecule has 2 aliphatic heterocycles. The first kappa shape index (κ1) is 18.3. The molecule has 1 fully saturated rings. The Morgan fingerprint density at radius 2 is 1.79 bits per heavy atom. The number of hydrogen-bond acceptors (Lipinski definition) is 5. The van der Waals surface area contributed by atoms with Gasteiger partial charge in [-0.1, -0.05) is 18.2 Å². The molecule has 4 rings (SSSR count). The molecule has 0 atom stereocenters. The summed E-state index contributed by atoms with van der Waals surface area (Å²) in [6.07, 6.45) is 1.96. The maximum absolute atomic E-state index is 13.0. The van der Waals surface area contributed by atoms with Crippen LogP contribution in [0.3, 0.4) is 0 Å². The van der Waals surface area contributed by atoms with Crippen LogP contribution in [0.5, 0.6) is 11.5 Å². The van der Waals surface area contributed by atoms with Crippen LogP contribution < -0.4 is 21.1 Å². The molecule has 8 nitrogen and oxygen atoms in total. The number of anilines is 1. The summed E-state index contributed by atoms with van der Waals surface area (Å²) in [7, 11) is -3.72. The highest BCUT2D eigenvalue weighted by atomic mass is 32.2. The molecule has 0 spiro atoms. The summed E-state index contributed by atoms with van der Waals surface area (Å²) in [6, 6.07) is 9.93. The average molecular weight is 400 g/mol. The summed E-state index contributed by atoms with van der Waals surface area (Å²) in [6.45, 7) is 1.51. The molecule has 0 saturated carbocycles. The Labute approximate surface area is 162 Å². The number of amides is 1. The normalized spacial score (nSPS) is 17.1. The van der Waals surface area contributed by atoms with E-state index in [1.807, 2.05) is 4.90 Å². The summed E-state index contributed by atoms with van der Waals surface area (Å²) in [4.78, 5) is 18.2. The lowest BCUT2D eigenvalue weighted by Crippen LogP contribution is -2.25. The van der Waals surface area contributed by atoms with E-state index in [9.17, 15) is 13.2 Å². The summed E-state index contributed by atoms with van der Waals surface area (Å²) >= 11 is 0. The number of fused-ring (bicyclic) bond motifs is 2. The quantitative estimate of drug-likeness (QED) is 0.581. The van der Waals surface area contributed by atoms with Crippen LogP contribution in [0, 0.1) is 0 Å². The van der Waals surface area contributed by atoms with E-state index in [2.05, 4.69) is 4.99 Å². The second-order valence-electron chi connectivity index (χ2n) is 6.82. The number of para-hydroxylation sites is 1. The number of carbonyl (C=O) groups is 1. The fourth-order valence-electron chi connectivity index (χ4n) is 3.56. The van der Waals surface area contributed by atoms with Crippen molar-refractivity contribution in [2.45, 2.75) is 23.5 Å². The van der Waals surface area contributed by atoms with Gasteiger partial charge in [-0.15, -0.1) is 0 Å². The van der Waals surface area contributed by atoms with Crippen LogP contribution in [0.4, 0.5) is 5.69 Å². The molecule has 2 heterocycles. The molecule has 0 bridgehead atoms. The minimum absolute atomic E-state index is 0.0409. The number of nitrogens with zero attached hydrogens (tertiary/aromatic N) is 2. The number of aliphatic imine (C=N–C) groups is 1. The van der Waals surface area contributed by atoms with Gasteiger partial charge in [0.25, 0.3) is 5.91 Å². The Morgan fingerprint density at radius 3 is 2.50 bits per heavy atom. The van der Waals surface area contributed by atoms with E-state index < -0.39 is 15.7 Å². The maximum Gasteiger partial charge on any atom is 0.282 e. The fraction of sp³-hybridized carbons (Fsp3) is 0.263. The first-order valence-electron chi connectivity index (χ1n) is 8.90. The molecule has 2 aliphatic rings. The minimum Gasteiger partial charge on any atom is -0.456 e. The zero-order valence-corrected chi connectivity index (χ0v) is 15.9. The van der Waals surface area contributed by atoms with Crippen molar-refractivity contribution in [1.29, 1.82) is 0 Å². The smallest absolute Gasteiger partial charge is 0.282 e. The predicted molar refractivity (Wildman–Crippen MR) is 105 cm³/mol. The molecule has 1 saturated heterocycles. The highest BCUT2D eigenvalue weighted by Gasteiger charge is 2.31. The molecule has 0 aliphatic carbocycles. The Hall–Kier alpha value is -3.07. The third-order valence-corrected chi connectivity index (χ3v) is 6.52. The monoisotopic (exact) mass is 400 g/mol. The SMILES string of the molecule is NC(N)=NC(=O)c1cc2c(cc1N1CCCC1)Oc1ccccc1CS2(=O)=O. The molecule has 0 unspecified atom stereocenters. The van der Waals surface area contributed by atoms with Crippen LogP contribution in [0.25, 0.3) is 0 Å². The van der Waals surface area contributed by atoms with E-state index in [0.717, 1.165) is 25.9 Å². The number of sulfone groups is 1. The van der Waals surface area contributed by atoms with Gasteiger partial charge in [0.2, 0.25) is 0 Å². The molecule has 0 radical (unpaired) electrons. The van der Waals surface area contributed by atoms with Crippen LogP contribution in [0.2, 0.25) is 0 Å². The number of guanidine groups is 1. The van der Waals surface area contributed by atoms with Crippen molar-refractivity contribution in [3.63, 3.8) is 0 Å². The number of rotatable bonds is 2.